The fourth-order valence-corrected chi connectivity index (χ4v) is 7.22. The van der Waals surface area contributed by atoms with Crippen molar-refractivity contribution in [2.45, 2.75) is 115 Å². The van der Waals surface area contributed by atoms with Crippen molar-refractivity contribution in [2.75, 3.05) is 12.3 Å². The summed E-state index contributed by atoms with van der Waals surface area (Å²) in [6.45, 7) is 13.9. The molecular formula is C27H47N5O4S. The average molecular weight is 538 g/mol. The Bertz CT molecular complexity index is 1070. The van der Waals surface area contributed by atoms with E-state index in [-0.39, 0.29) is 41.5 Å². The van der Waals surface area contributed by atoms with E-state index in [4.69, 9.17) is 0 Å². The lowest BCUT2D eigenvalue weighted by atomic mass is 9.81. The summed E-state index contributed by atoms with van der Waals surface area (Å²) in [6, 6.07) is 2.84. The van der Waals surface area contributed by atoms with E-state index in [0.29, 0.717) is 23.8 Å². The van der Waals surface area contributed by atoms with Crippen LogP contribution in [0.4, 0.5) is 0 Å². The van der Waals surface area contributed by atoms with Gasteiger partial charge in [-0.15, -0.1) is 0 Å². The monoisotopic (exact) mass is 537 g/mol. The predicted octanol–water partition coefficient (Wildman–Crippen LogP) is 2.80. The van der Waals surface area contributed by atoms with Crippen LogP contribution < -0.4 is 10.6 Å². The zero-order valence-electron chi connectivity index (χ0n) is 23.9. The molecule has 2 unspecified atom stereocenters. The quantitative estimate of drug-likeness (QED) is 0.527. The first kappa shape index (κ1) is 29.6. The number of sulfone groups is 1. The van der Waals surface area contributed by atoms with E-state index in [2.05, 4.69) is 34.5 Å². The van der Waals surface area contributed by atoms with Crippen molar-refractivity contribution in [1.29, 1.82) is 0 Å². The summed E-state index contributed by atoms with van der Waals surface area (Å²) in [7, 11) is -1.55. The second-order valence-electron chi connectivity index (χ2n) is 12.5. The molecule has 0 spiro atoms. The van der Waals surface area contributed by atoms with Crippen LogP contribution in [-0.4, -0.2) is 76.6 Å². The van der Waals surface area contributed by atoms with Crippen molar-refractivity contribution in [3.63, 3.8) is 0 Å². The molecule has 0 radical (unpaired) electrons. The van der Waals surface area contributed by atoms with Gasteiger partial charge in [0.05, 0.1) is 23.2 Å². The third-order valence-corrected chi connectivity index (χ3v) is 10.5. The van der Waals surface area contributed by atoms with Gasteiger partial charge in [-0.25, -0.2) is 8.42 Å². The Labute approximate surface area is 223 Å². The van der Waals surface area contributed by atoms with E-state index >= 15 is 0 Å². The molecule has 9 nitrogen and oxygen atoms in total. The van der Waals surface area contributed by atoms with Crippen molar-refractivity contribution in [1.82, 2.24) is 25.3 Å². The second kappa shape index (κ2) is 11.4. The number of aromatic nitrogens is 2. The van der Waals surface area contributed by atoms with E-state index in [1.165, 1.54) is 17.5 Å². The van der Waals surface area contributed by atoms with Crippen molar-refractivity contribution >= 4 is 21.7 Å². The van der Waals surface area contributed by atoms with E-state index < -0.39 is 15.1 Å². The molecule has 0 bridgehead atoms. The van der Waals surface area contributed by atoms with Crippen LogP contribution in [0.5, 0.6) is 0 Å². The topological polar surface area (TPSA) is 113 Å². The number of aryl methyl sites for hydroxylation is 1. The first-order valence-corrected chi connectivity index (χ1v) is 15.4. The Morgan fingerprint density at radius 2 is 1.73 bits per heavy atom. The number of likely N-dealkylation sites (tertiary alicyclic amines) is 1. The molecule has 1 aliphatic carbocycles. The maximum Gasteiger partial charge on any atom is 0.269 e. The normalized spacial score (nSPS) is 27.4. The smallest absolute Gasteiger partial charge is 0.269 e. The largest absolute Gasteiger partial charge is 0.352 e. The van der Waals surface area contributed by atoms with Crippen LogP contribution in [0.15, 0.2) is 6.07 Å². The molecule has 10 heteroatoms. The molecule has 5 atom stereocenters. The molecule has 0 aromatic carbocycles. The number of hydrogen-bond acceptors (Lipinski definition) is 6. The van der Waals surface area contributed by atoms with Crippen LogP contribution in [-0.2, 0) is 27.1 Å². The van der Waals surface area contributed by atoms with Gasteiger partial charge in [-0.05, 0) is 71.8 Å². The summed E-state index contributed by atoms with van der Waals surface area (Å²) in [5, 5.41) is 9.73. The number of nitrogens with zero attached hydrogens (tertiary/aromatic N) is 3. The Kier molecular flexibility index (Phi) is 9.15. The van der Waals surface area contributed by atoms with Crippen molar-refractivity contribution in [3.05, 3.63) is 17.5 Å². The molecule has 37 heavy (non-hydrogen) atoms. The van der Waals surface area contributed by atoms with Crippen molar-refractivity contribution in [3.8, 4) is 0 Å². The lowest BCUT2D eigenvalue weighted by Crippen LogP contribution is -2.54. The molecule has 2 amide bonds. The van der Waals surface area contributed by atoms with Gasteiger partial charge in [0.2, 0.25) is 5.91 Å². The summed E-state index contributed by atoms with van der Waals surface area (Å²) in [6.07, 6.45) is 4.74. The standard InChI is InChI=1S/C27H47N5O4S/c1-17(2)37(35,36)16-20-13-21(32-18(3)9-10-19(32)4)11-12-22(20)29-25(33)15-28-26(34)23-14-24(27(5,6)7)30-31(23)8/h14,17-22H,9-13,15-16H2,1-8H3,(H,28,34)(H,29,33)/t18?,19?,20-,21+,22-/m0/s1. The third kappa shape index (κ3) is 7.13. The molecule has 3 rings (SSSR count). The maximum atomic E-state index is 12.9. The molecule has 2 aliphatic rings. The Morgan fingerprint density at radius 1 is 1.11 bits per heavy atom. The molecule has 2 N–H and O–H groups in total. The van der Waals surface area contributed by atoms with Crippen LogP contribution >= 0.6 is 0 Å². The first-order chi connectivity index (χ1) is 17.1. The van der Waals surface area contributed by atoms with Crippen LogP contribution in [0.3, 0.4) is 0 Å². The Hall–Kier alpha value is -1.94. The van der Waals surface area contributed by atoms with Gasteiger partial charge in [0.25, 0.3) is 5.91 Å². The van der Waals surface area contributed by atoms with Gasteiger partial charge in [0, 0.05) is 36.6 Å². The number of carbonyl (C=O) groups excluding carboxylic acids is 2. The van der Waals surface area contributed by atoms with Gasteiger partial charge in [-0.1, -0.05) is 20.8 Å². The lowest BCUT2D eigenvalue weighted by Gasteiger charge is -2.43. The van der Waals surface area contributed by atoms with Gasteiger partial charge in [-0.2, -0.15) is 5.10 Å². The van der Waals surface area contributed by atoms with Crippen LogP contribution in [0.25, 0.3) is 0 Å². The van der Waals surface area contributed by atoms with E-state index in [1.807, 2.05) is 20.8 Å². The fourth-order valence-electron chi connectivity index (χ4n) is 5.87. The van der Waals surface area contributed by atoms with Crippen LogP contribution in [0, 0.1) is 5.92 Å². The summed E-state index contributed by atoms with van der Waals surface area (Å²) in [5.74, 6) is -0.748. The molecule has 210 valence electrons. The van der Waals surface area contributed by atoms with Crippen molar-refractivity contribution in [2.24, 2.45) is 13.0 Å². The van der Waals surface area contributed by atoms with E-state index in [9.17, 15) is 18.0 Å². The van der Waals surface area contributed by atoms with Crippen LogP contribution in [0.1, 0.15) is 96.8 Å². The summed E-state index contributed by atoms with van der Waals surface area (Å²) < 4.78 is 27.3. The minimum atomic E-state index is -3.27. The minimum absolute atomic E-state index is 0.0691. The molecule has 1 aromatic rings. The SMILES string of the molecule is CC1CCC(C)N1[C@@H]1CC[C@H](NC(=O)CNC(=O)c2cc(C(C)(C)C)nn2C)[C@H](CS(=O)(=O)C(C)C)C1. The number of rotatable bonds is 8. The molecule has 1 saturated carbocycles. The number of amides is 2. The highest BCUT2D eigenvalue weighted by molar-refractivity contribution is 7.91. The van der Waals surface area contributed by atoms with Gasteiger partial charge < -0.3 is 10.6 Å². The molecule has 2 fully saturated rings. The minimum Gasteiger partial charge on any atom is -0.352 e. The Morgan fingerprint density at radius 3 is 2.27 bits per heavy atom. The maximum absolute atomic E-state index is 12.9. The van der Waals surface area contributed by atoms with E-state index in [1.54, 1.807) is 27.0 Å². The highest BCUT2D eigenvalue weighted by Crippen LogP contribution is 2.36. The highest BCUT2D eigenvalue weighted by Gasteiger charge is 2.41. The molecule has 1 saturated heterocycles. The number of nitrogens with one attached hydrogen (secondary N) is 2. The first-order valence-electron chi connectivity index (χ1n) is 13.7. The number of hydrogen-bond donors (Lipinski definition) is 2. The second-order valence-corrected chi connectivity index (χ2v) is 15.1. The molecule has 1 aliphatic heterocycles. The third-order valence-electron chi connectivity index (χ3n) is 8.20. The van der Waals surface area contributed by atoms with Gasteiger partial charge in [0.15, 0.2) is 9.84 Å². The van der Waals surface area contributed by atoms with Gasteiger partial charge >= 0.3 is 0 Å². The van der Waals surface area contributed by atoms with E-state index in [0.717, 1.165) is 25.0 Å². The molecule has 2 heterocycles. The van der Waals surface area contributed by atoms with Gasteiger partial charge in [-0.3, -0.25) is 19.2 Å². The highest BCUT2D eigenvalue weighted by atomic mass is 32.2. The molecular weight excluding hydrogens is 490 g/mol. The van der Waals surface area contributed by atoms with Crippen LogP contribution in [0.2, 0.25) is 0 Å². The number of carbonyl (C=O) groups is 2. The summed E-state index contributed by atoms with van der Waals surface area (Å²) in [4.78, 5) is 28.2. The molecule has 1 aromatic heterocycles. The lowest BCUT2D eigenvalue weighted by molar-refractivity contribution is -0.121. The fraction of sp³-hybridized carbons (Fsp3) is 0.815. The zero-order chi connectivity index (χ0) is 27.7. The summed E-state index contributed by atoms with van der Waals surface area (Å²) in [5.41, 5.74) is 1.01. The average Bonchev–Trinajstić information content (AvgIpc) is 3.35. The predicted molar refractivity (Wildman–Crippen MR) is 146 cm³/mol. The Balaban J connectivity index is 1.65. The zero-order valence-corrected chi connectivity index (χ0v) is 24.7. The summed E-state index contributed by atoms with van der Waals surface area (Å²) >= 11 is 0. The van der Waals surface area contributed by atoms with Gasteiger partial charge in [0.1, 0.15) is 5.69 Å². The van der Waals surface area contributed by atoms with Crippen molar-refractivity contribution < 1.29 is 18.0 Å².